The Labute approximate surface area is 215 Å². The van der Waals surface area contributed by atoms with Gasteiger partial charge in [-0.2, -0.15) is 8.42 Å². The minimum atomic E-state index is -4.39. The molecule has 0 bridgehead atoms. The van der Waals surface area contributed by atoms with Crippen molar-refractivity contribution in [3.05, 3.63) is 48.0 Å². The zero-order valence-corrected chi connectivity index (χ0v) is 22.3. The molecule has 0 saturated heterocycles. The van der Waals surface area contributed by atoms with Crippen molar-refractivity contribution in [1.82, 2.24) is 0 Å². The second kappa shape index (κ2) is 15.7. The van der Waals surface area contributed by atoms with Gasteiger partial charge in [0.1, 0.15) is 16.4 Å². The quantitative estimate of drug-likeness (QED) is 0.244. The van der Waals surface area contributed by atoms with Crippen LogP contribution in [0.5, 0.6) is 17.2 Å². The molecular weight excluding hydrogens is 435 g/mol. The molecule has 1 N–H and O–H groups in total. The normalized spacial score (nSPS) is 11.2. The summed E-state index contributed by atoms with van der Waals surface area (Å²) in [5, 5.41) is 12.2. The minimum absolute atomic E-state index is 0. The maximum absolute atomic E-state index is 12.2. The van der Waals surface area contributed by atoms with Gasteiger partial charge >= 0.3 is 29.6 Å². The first-order chi connectivity index (χ1) is 14.9. The summed E-state index contributed by atoms with van der Waals surface area (Å²) in [5.41, 5.74) is 0.665. The van der Waals surface area contributed by atoms with Gasteiger partial charge in [0.15, 0.2) is 0 Å². The molecule has 172 valence electrons. The van der Waals surface area contributed by atoms with Gasteiger partial charge in [0, 0.05) is 0 Å². The van der Waals surface area contributed by atoms with Crippen LogP contribution >= 0.6 is 0 Å². The van der Waals surface area contributed by atoms with E-state index in [1.165, 1.54) is 88.1 Å². The maximum atomic E-state index is 12.2. The van der Waals surface area contributed by atoms with Gasteiger partial charge in [-0.25, -0.2) is 0 Å². The van der Waals surface area contributed by atoms with E-state index in [9.17, 15) is 18.1 Å². The molecule has 5 nitrogen and oxygen atoms in total. The van der Waals surface area contributed by atoms with Gasteiger partial charge in [0.05, 0.1) is 0 Å². The number of ether oxygens (including phenoxy) is 1. The van der Waals surface area contributed by atoms with Crippen molar-refractivity contribution in [2.24, 2.45) is 0 Å². The number of unbranched alkanes of at least 4 members (excludes halogenated alkanes) is 10. The van der Waals surface area contributed by atoms with Crippen LogP contribution in [0, 0.1) is 0 Å². The van der Waals surface area contributed by atoms with E-state index in [1.54, 1.807) is 12.1 Å². The largest absolute Gasteiger partial charge is 1.00 e. The molecule has 0 spiro atoms. The molecule has 0 radical (unpaired) electrons. The summed E-state index contributed by atoms with van der Waals surface area (Å²) in [6.07, 6.45) is 14.4. The van der Waals surface area contributed by atoms with E-state index in [0.717, 1.165) is 12.8 Å². The predicted octanol–water partition coefficient (Wildman–Crippen LogP) is 3.66. The average Bonchev–Trinajstić information content (AvgIpc) is 2.73. The van der Waals surface area contributed by atoms with E-state index in [4.69, 9.17) is 4.74 Å². The van der Waals surface area contributed by atoms with Gasteiger partial charge in [-0.3, -0.25) is 4.55 Å². The van der Waals surface area contributed by atoms with Crippen molar-refractivity contribution >= 4 is 10.1 Å². The Hall–Kier alpha value is -1.05. The van der Waals surface area contributed by atoms with Gasteiger partial charge in [0.25, 0.3) is 10.1 Å². The zero-order valence-electron chi connectivity index (χ0n) is 19.5. The Balaban J connectivity index is 0.00000512. The Morgan fingerprint density at radius 3 is 2.00 bits per heavy atom. The third kappa shape index (κ3) is 10.7. The van der Waals surface area contributed by atoms with E-state index < -0.39 is 10.1 Å². The van der Waals surface area contributed by atoms with Crippen LogP contribution in [0.2, 0.25) is 0 Å². The van der Waals surface area contributed by atoms with Crippen LogP contribution in [0.15, 0.2) is 47.4 Å². The number of rotatable bonds is 15. The molecule has 2 rings (SSSR count). The van der Waals surface area contributed by atoms with Crippen molar-refractivity contribution in [2.45, 2.75) is 88.9 Å². The number of para-hydroxylation sites is 1. The van der Waals surface area contributed by atoms with E-state index >= 15 is 0 Å². The fourth-order valence-electron chi connectivity index (χ4n) is 3.67. The van der Waals surface area contributed by atoms with Crippen LogP contribution in [0.1, 0.15) is 83.1 Å². The first kappa shape index (κ1) is 29.0. The molecular formula is C25H35NaO5S. The topological polar surface area (TPSA) is 86.7 Å². The molecule has 2 aromatic carbocycles. The van der Waals surface area contributed by atoms with Gasteiger partial charge in [-0.1, -0.05) is 94.9 Å². The van der Waals surface area contributed by atoms with E-state index in [0.29, 0.717) is 17.7 Å². The van der Waals surface area contributed by atoms with E-state index in [1.807, 2.05) is 0 Å². The molecule has 2 aromatic rings. The molecule has 0 atom stereocenters. The minimum Gasteiger partial charge on any atom is -0.872 e. The van der Waals surface area contributed by atoms with Gasteiger partial charge in [-0.15, -0.1) is 5.75 Å². The van der Waals surface area contributed by atoms with Crippen LogP contribution in [0.25, 0.3) is 0 Å². The molecule has 0 aliphatic rings. The van der Waals surface area contributed by atoms with Crippen molar-refractivity contribution in [1.29, 1.82) is 0 Å². The maximum Gasteiger partial charge on any atom is 1.00 e. The molecule has 0 aliphatic carbocycles. The number of hydrogen-bond donors (Lipinski definition) is 1. The van der Waals surface area contributed by atoms with Crippen molar-refractivity contribution in [3.63, 3.8) is 0 Å². The van der Waals surface area contributed by atoms with E-state index in [-0.39, 0.29) is 46.0 Å². The molecule has 0 saturated carbocycles. The third-order valence-electron chi connectivity index (χ3n) is 5.44. The first-order valence-corrected chi connectivity index (χ1v) is 12.9. The Bertz CT molecular complexity index is 899. The standard InChI is InChI=1S/C25H36O5S.Na/c1-2-3-4-5-6-7-8-9-10-11-12-15-21-20-22(18-19-23(21)26)30-24-16-13-14-17-25(24)31(27,28)29;/h13-14,16-20,26H,2-12,15H2,1H3,(H,27,28,29);/q;+1/p-1. The molecule has 32 heavy (non-hydrogen) atoms. The summed E-state index contributed by atoms with van der Waals surface area (Å²) in [7, 11) is -4.39. The van der Waals surface area contributed by atoms with Crippen molar-refractivity contribution in [3.8, 4) is 17.2 Å². The monoisotopic (exact) mass is 470 g/mol. The summed E-state index contributed by atoms with van der Waals surface area (Å²) in [5.74, 6) is 0.376. The second-order valence-corrected chi connectivity index (χ2v) is 9.47. The molecule has 0 heterocycles. The van der Waals surface area contributed by atoms with Gasteiger partial charge < -0.3 is 9.84 Å². The molecule has 7 heteroatoms. The predicted molar refractivity (Wildman–Crippen MR) is 122 cm³/mol. The zero-order chi connectivity index (χ0) is 22.5. The SMILES string of the molecule is CCCCCCCCCCCCCc1cc(Oc2ccccc2S(=O)(=O)O)ccc1[O-].[Na+]. The number of hydrogen-bond acceptors (Lipinski definition) is 4. The third-order valence-corrected chi connectivity index (χ3v) is 6.33. The Kier molecular flexibility index (Phi) is 14.2. The fraction of sp³-hybridized carbons (Fsp3) is 0.520. The molecule has 0 amide bonds. The van der Waals surface area contributed by atoms with Crippen LogP contribution in [0.4, 0.5) is 0 Å². The number of benzene rings is 2. The summed E-state index contributed by atoms with van der Waals surface area (Å²) >= 11 is 0. The summed E-state index contributed by atoms with van der Waals surface area (Å²) in [4.78, 5) is -0.298. The summed E-state index contributed by atoms with van der Waals surface area (Å²) < 4.78 is 38.1. The Morgan fingerprint density at radius 1 is 0.844 bits per heavy atom. The van der Waals surface area contributed by atoms with Crippen LogP contribution < -0.4 is 39.4 Å². The van der Waals surface area contributed by atoms with E-state index in [2.05, 4.69) is 6.92 Å². The Morgan fingerprint density at radius 2 is 1.41 bits per heavy atom. The summed E-state index contributed by atoms with van der Waals surface area (Å²) in [6.45, 7) is 2.24. The van der Waals surface area contributed by atoms with Gasteiger partial charge in [0.2, 0.25) is 0 Å². The second-order valence-electron chi connectivity index (χ2n) is 8.08. The fourth-order valence-corrected chi connectivity index (χ4v) is 4.28. The summed E-state index contributed by atoms with van der Waals surface area (Å²) in [6, 6.07) is 10.5. The molecule has 0 fully saturated rings. The molecule has 0 aliphatic heterocycles. The van der Waals surface area contributed by atoms with Crippen molar-refractivity contribution in [2.75, 3.05) is 0 Å². The molecule has 0 aromatic heterocycles. The van der Waals surface area contributed by atoms with Crippen LogP contribution in [-0.2, 0) is 16.5 Å². The number of aryl methyl sites for hydroxylation is 1. The van der Waals surface area contributed by atoms with Gasteiger partial charge in [-0.05, 0) is 37.1 Å². The van der Waals surface area contributed by atoms with Crippen molar-refractivity contribution < 1.29 is 52.4 Å². The van der Waals surface area contributed by atoms with Crippen LogP contribution in [-0.4, -0.2) is 13.0 Å². The smallest absolute Gasteiger partial charge is 0.872 e. The van der Waals surface area contributed by atoms with Crippen LogP contribution in [0.3, 0.4) is 0 Å². The average molecular weight is 471 g/mol. The first-order valence-electron chi connectivity index (χ1n) is 11.5. The molecule has 0 unspecified atom stereocenters.